The number of anilines is 1. The van der Waals surface area contributed by atoms with E-state index in [0.29, 0.717) is 11.0 Å². The van der Waals surface area contributed by atoms with Gasteiger partial charge in [0.25, 0.3) is 5.91 Å². The lowest BCUT2D eigenvalue weighted by molar-refractivity contribution is 0.0994. The minimum absolute atomic E-state index is 0.139. The van der Waals surface area contributed by atoms with Crippen molar-refractivity contribution in [2.75, 3.05) is 5.32 Å². The van der Waals surface area contributed by atoms with E-state index in [4.69, 9.17) is 9.41 Å². The third-order valence-corrected chi connectivity index (χ3v) is 6.30. The molecule has 0 radical (unpaired) electrons. The maximum absolute atomic E-state index is 12.8. The molecule has 25 heavy (non-hydrogen) atoms. The fraction of sp³-hybridized carbons (Fsp3) is 0.400. The Morgan fingerprint density at radius 2 is 2.08 bits per heavy atom. The van der Waals surface area contributed by atoms with Gasteiger partial charge < -0.3 is 9.73 Å². The Kier molecular flexibility index (Phi) is 3.99. The molecule has 0 bridgehead atoms. The summed E-state index contributed by atoms with van der Waals surface area (Å²) >= 11 is 1.85. The fourth-order valence-electron chi connectivity index (χ4n) is 3.84. The van der Waals surface area contributed by atoms with Crippen LogP contribution >= 0.6 is 11.8 Å². The monoisotopic (exact) mass is 354 g/mol. The molecule has 4 nitrogen and oxygen atoms in total. The lowest BCUT2D eigenvalue weighted by Crippen LogP contribution is -2.18. The van der Waals surface area contributed by atoms with Crippen LogP contribution in [0.1, 0.15) is 58.0 Å². The lowest BCUT2D eigenvalue weighted by atomic mass is 9.90. The Morgan fingerprint density at radius 3 is 2.84 bits per heavy atom. The Labute approximate surface area is 152 Å². The maximum Gasteiger partial charge on any atom is 0.291 e. The van der Waals surface area contributed by atoms with Crippen LogP contribution in [-0.4, -0.2) is 16.2 Å². The molecule has 1 N–H and O–H groups in total. The predicted octanol–water partition coefficient (Wildman–Crippen LogP) is 4.98. The Bertz CT molecular complexity index is 897. The smallest absolute Gasteiger partial charge is 0.291 e. The molecule has 4 rings (SSSR count). The van der Waals surface area contributed by atoms with E-state index in [9.17, 15) is 4.79 Å². The van der Waals surface area contributed by atoms with E-state index in [-0.39, 0.29) is 11.9 Å². The molecule has 2 aliphatic rings. The molecule has 2 aromatic rings. The van der Waals surface area contributed by atoms with Gasteiger partial charge in [0, 0.05) is 28.5 Å². The zero-order valence-electron chi connectivity index (χ0n) is 15.0. The van der Waals surface area contributed by atoms with Crippen LogP contribution in [0.3, 0.4) is 0 Å². The summed E-state index contributed by atoms with van der Waals surface area (Å²) < 4.78 is 5.99. The number of hydrogen-bond acceptors (Lipinski definition) is 4. The third kappa shape index (κ3) is 2.80. The second-order valence-electron chi connectivity index (χ2n) is 6.95. The molecule has 2 unspecified atom stereocenters. The van der Waals surface area contributed by atoms with Crippen LogP contribution in [0.25, 0.3) is 0 Å². The molecule has 1 aromatic carbocycles. The van der Waals surface area contributed by atoms with Crippen LogP contribution in [-0.2, 0) is 6.42 Å². The largest absolute Gasteiger partial charge is 0.455 e. The van der Waals surface area contributed by atoms with E-state index < -0.39 is 0 Å². The Hall–Kier alpha value is -2.01. The van der Waals surface area contributed by atoms with Gasteiger partial charge in [-0.3, -0.25) is 9.79 Å². The number of carbonyl (C=O) groups excluding carboxylic acids is 1. The zero-order chi connectivity index (χ0) is 17.7. The fourth-order valence-corrected chi connectivity index (χ4v) is 5.02. The van der Waals surface area contributed by atoms with E-state index >= 15 is 0 Å². The summed E-state index contributed by atoms with van der Waals surface area (Å²) in [5.74, 6) is 1.18. The summed E-state index contributed by atoms with van der Waals surface area (Å²) in [4.78, 5) is 17.6. The van der Waals surface area contributed by atoms with Gasteiger partial charge in [-0.2, -0.15) is 0 Å². The number of nitrogens with zero attached hydrogens (tertiary/aromatic N) is 1. The molecule has 5 heteroatoms. The van der Waals surface area contributed by atoms with Gasteiger partial charge >= 0.3 is 0 Å². The average Bonchev–Trinajstić information content (AvgIpc) is 3.09. The topological polar surface area (TPSA) is 54.6 Å². The molecule has 0 fully saturated rings. The SMILES string of the molecule is CC1=NC2c3c(oc(C(=O)Nc4ccc(C)cc4C)c3C)CCC2S1. The number of aliphatic imine (C=N–C) groups is 1. The average molecular weight is 354 g/mol. The van der Waals surface area contributed by atoms with Crippen LogP contribution in [0.4, 0.5) is 5.69 Å². The maximum atomic E-state index is 12.8. The number of furan rings is 1. The first kappa shape index (κ1) is 16.5. The highest BCUT2D eigenvalue weighted by molar-refractivity contribution is 8.14. The van der Waals surface area contributed by atoms with Gasteiger partial charge in [0.1, 0.15) is 5.76 Å². The van der Waals surface area contributed by atoms with Crippen LogP contribution < -0.4 is 5.32 Å². The summed E-state index contributed by atoms with van der Waals surface area (Å²) in [6.07, 6.45) is 1.93. The van der Waals surface area contributed by atoms with Crippen LogP contribution in [0.15, 0.2) is 27.6 Å². The highest BCUT2D eigenvalue weighted by atomic mass is 32.2. The van der Waals surface area contributed by atoms with Crippen molar-refractivity contribution in [1.29, 1.82) is 0 Å². The summed E-state index contributed by atoms with van der Waals surface area (Å²) in [5, 5.41) is 4.61. The lowest BCUT2D eigenvalue weighted by Gasteiger charge is -2.22. The van der Waals surface area contributed by atoms with Crippen molar-refractivity contribution in [3.8, 4) is 0 Å². The van der Waals surface area contributed by atoms with Gasteiger partial charge in [-0.25, -0.2) is 0 Å². The molecule has 0 saturated heterocycles. The molecule has 1 aliphatic heterocycles. The highest BCUT2D eigenvalue weighted by Gasteiger charge is 2.39. The quantitative estimate of drug-likeness (QED) is 0.827. The van der Waals surface area contributed by atoms with Crippen molar-refractivity contribution in [1.82, 2.24) is 0 Å². The first-order chi connectivity index (χ1) is 11.9. The standard InChI is InChI=1S/C20H22N2O2S/c1-10-5-6-14(11(2)9-10)22-20(23)19-12(3)17-15(24-19)7-8-16-18(17)21-13(4)25-16/h5-6,9,16,18H,7-8H2,1-4H3,(H,22,23). The van der Waals surface area contributed by atoms with Crippen LogP contribution in [0.2, 0.25) is 0 Å². The van der Waals surface area contributed by atoms with Crippen molar-refractivity contribution in [3.63, 3.8) is 0 Å². The Morgan fingerprint density at radius 1 is 1.28 bits per heavy atom. The number of aryl methyl sites for hydroxylation is 3. The minimum Gasteiger partial charge on any atom is -0.455 e. The molecule has 130 valence electrons. The zero-order valence-corrected chi connectivity index (χ0v) is 15.8. The van der Waals surface area contributed by atoms with Crippen LogP contribution in [0.5, 0.6) is 0 Å². The van der Waals surface area contributed by atoms with Crippen molar-refractivity contribution < 1.29 is 9.21 Å². The number of amides is 1. The summed E-state index contributed by atoms with van der Waals surface area (Å²) in [6, 6.07) is 6.14. The van der Waals surface area contributed by atoms with Crippen LogP contribution in [0, 0.1) is 20.8 Å². The second kappa shape index (κ2) is 6.06. The molecule has 0 saturated carbocycles. The van der Waals surface area contributed by atoms with Crippen molar-refractivity contribution in [3.05, 3.63) is 52.0 Å². The Balaban J connectivity index is 1.66. The van der Waals surface area contributed by atoms with E-state index in [0.717, 1.165) is 46.0 Å². The molecule has 2 atom stereocenters. The van der Waals surface area contributed by atoms with Crippen molar-refractivity contribution in [2.45, 2.75) is 51.8 Å². The van der Waals surface area contributed by atoms with Crippen molar-refractivity contribution >= 4 is 28.4 Å². The number of fused-ring (bicyclic) bond motifs is 3. The van der Waals surface area contributed by atoms with Crippen molar-refractivity contribution in [2.24, 2.45) is 4.99 Å². The molecule has 0 spiro atoms. The number of nitrogens with one attached hydrogen (secondary N) is 1. The number of benzene rings is 1. The van der Waals surface area contributed by atoms with E-state index in [1.54, 1.807) is 0 Å². The third-order valence-electron chi connectivity index (χ3n) is 5.05. The number of rotatable bonds is 2. The first-order valence-corrected chi connectivity index (χ1v) is 9.54. The van der Waals surface area contributed by atoms with E-state index in [1.165, 1.54) is 5.56 Å². The molecule has 1 aliphatic carbocycles. The molecule has 2 heterocycles. The van der Waals surface area contributed by atoms with Gasteiger partial charge in [-0.05, 0) is 45.7 Å². The van der Waals surface area contributed by atoms with Gasteiger partial charge in [0.2, 0.25) is 0 Å². The normalized spacial score (nSPS) is 21.5. The summed E-state index contributed by atoms with van der Waals surface area (Å²) in [7, 11) is 0. The van der Waals surface area contributed by atoms with Gasteiger partial charge in [-0.15, -0.1) is 11.8 Å². The van der Waals surface area contributed by atoms with E-state index in [2.05, 4.69) is 18.3 Å². The number of hydrogen-bond donors (Lipinski definition) is 1. The van der Waals surface area contributed by atoms with Gasteiger partial charge in [0.15, 0.2) is 5.76 Å². The summed E-state index contributed by atoms with van der Waals surface area (Å²) in [6.45, 7) is 8.09. The molecule has 1 aromatic heterocycles. The van der Waals surface area contributed by atoms with Gasteiger partial charge in [-0.1, -0.05) is 17.7 Å². The molecular weight excluding hydrogens is 332 g/mol. The molecular formula is C20H22N2O2S. The highest BCUT2D eigenvalue weighted by Crippen LogP contribution is 2.47. The summed E-state index contributed by atoms with van der Waals surface area (Å²) in [5.41, 5.74) is 5.12. The second-order valence-corrected chi connectivity index (χ2v) is 8.39. The minimum atomic E-state index is -0.179. The van der Waals surface area contributed by atoms with Gasteiger partial charge in [0.05, 0.1) is 11.1 Å². The molecule has 1 amide bonds. The van der Waals surface area contributed by atoms with E-state index in [1.807, 2.05) is 44.7 Å². The number of carbonyl (C=O) groups is 1. The number of thioether (sulfide) groups is 1. The first-order valence-electron chi connectivity index (χ1n) is 8.66. The predicted molar refractivity (Wildman–Crippen MR) is 103 cm³/mol.